The molecule has 0 unspecified atom stereocenters. The summed E-state index contributed by atoms with van der Waals surface area (Å²) in [5, 5.41) is 3.41. The summed E-state index contributed by atoms with van der Waals surface area (Å²) < 4.78 is 1.02. The molecule has 0 aliphatic rings. The van der Waals surface area contributed by atoms with Crippen LogP contribution in [0, 0.1) is 6.92 Å². The summed E-state index contributed by atoms with van der Waals surface area (Å²) in [4.78, 5) is 11.9. The molecule has 0 fully saturated rings. The summed E-state index contributed by atoms with van der Waals surface area (Å²) in [6.07, 6.45) is 1.13. The van der Waals surface area contributed by atoms with E-state index in [1.807, 2.05) is 49.4 Å². The SMILES string of the molecule is Cc1ccc(NC(=O)CCc2cccc(Br)c2)c(Cl)c1. The number of nitrogens with one attached hydrogen (secondary N) is 1. The third kappa shape index (κ3) is 4.36. The lowest BCUT2D eigenvalue weighted by Crippen LogP contribution is -2.12. The number of hydrogen-bond acceptors (Lipinski definition) is 1. The molecule has 2 rings (SSSR count). The van der Waals surface area contributed by atoms with Gasteiger partial charge in [0.25, 0.3) is 0 Å². The molecule has 0 aliphatic heterocycles. The highest BCUT2D eigenvalue weighted by Gasteiger charge is 2.06. The fraction of sp³-hybridized carbons (Fsp3) is 0.188. The first kappa shape index (κ1) is 15.1. The highest BCUT2D eigenvalue weighted by Crippen LogP contribution is 2.23. The second kappa shape index (κ2) is 6.91. The van der Waals surface area contributed by atoms with E-state index >= 15 is 0 Å². The van der Waals surface area contributed by atoms with Gasteiger partial charge in [-0.1, -0.05) is 45.7 Å². The summed E-state index contributed by atoms with van der Waals surface area (Å²) in [5.74, 6) is -0.0317. The van der Waals surface area contributed by atoms with Crippen molar-refractivity contribution >= 4 is 39.1 Å². The van der Waals surface area contributed by atoms with Crippen LogP contribution in [0.25, 0.3) is 0 Å². The highest BCUT2D eigenvalue weighted by molar-refractivity contribution is 9.10. The molecule has 0 saturated heterocycles. The number of rotatable bonds is 4. The molecule has 20 heavy (non-hydrogen) atoms. The summed E-state index contributed by atoms with van der Waals surface area (Å²) in [6, 6.07) is 13.6. The molecule has 2 aromatic carbocycles. The van der Waals surface area contributed by atoms with E-state index in [0.717, 1.165) is 15.6 Å². The van der Waals surface area contributed by atoms with Crippen molar-refractivity contribution in [2.45, 2.75) is 19.8 Å². The third-order valence-corrected chi connectivity index (χ3v) is 3.73. The molecule has 4 heteroatoms. The number of aryl methyl sites for hydroxylation is 2. The second-order valence-corrected chi connectivity index (χ2v) is 5.98. The smallest absolute Gasteiger partial charge is 0.224 e. The van der Waals surface area contributed by atoms with Crippen LogP contribution >= 0.6 is 27.5 Å². The van der Waals surface area contributed by atoms with E-state index in [1.165, 1.54) is 0 Å². The van der Waals surface area contributed by atoms with Crippen molar-refractivity contribution in [2.24, 2.45) is 0 Å². The van der Waals surface area contributed by atoms with Crippen LogP contribution in [-0.2, 0) is 11.2 Å². The molecule has 0 aromatic heterocycles. The van der Waals surface area contributed by atoms with Gasteiger partial charge in [0.2, 0.25) is 5.91 Å². The Morgan fingerprint density at radius 3 is 2.75 bits per heavy atom. The number of benzene rings is 2. The zero-order valence-electron chi connectivity index (χ0n) is 11.1. The first-order valence-electron chi connectivity index (χ1n) is 6.35. The summed E-state index contributed by atoms with van der Waals surface area (Å²) in [5.41, 5.74) is 2.86. The van der Waals surface area contributed by atoms with Crippen LogP contribution in [0.15, 0.2) is 46.9 Å². The van der Waals surface area contributed by atoms with E-state index in [-0.39, 0.29) is 5.91 Å². The number of carbonyl (C=O) groups is 1. The van der Waals surface area contributed by atoms with Gasteiger partial charge in [0.15, 0.2) is 0 Å². The van der Waals surface area contributed by atoms with Crippen LogP contribution in [0.1, 0.15) is 17.5 Å². The van der Waals surface area contributed by atoms with Crippen molar-refractivity contribution in [3.05, 3.63) is 63.1 Å². The van der Waals surface area contributed by atoms with Crippen molar-refractivity contribution in [1.29, 1.82) is 0 Å². The zero-order valence-corrected chi connectivity index (χ0v) is 13.5. The first-order valence-corrected chi connectivity index (χ1v) is 7.52. The Balaban J connectivity index is 1.92. The van der Waals surface area contributed by atoms with E-state index in [2.05, 4.69) is 21.2 Å². The molecular formula is C16H15BrClNO. The molecule has 0 radical (unpaired) electrons. The molecule has 1 amide bonds. The topological polar surface area (TPSA) is 29.1 Å². The fourth-order valence-corrected chi connectivity index (χ4v) is 2.61. The van der Waals surface area contributed by atoms with Crippen molar-refractivity contribution in [3.8, 4) is 0 Å². The van der Waals surface area contributed by atoms with Crippen LogP contribution in [0.2, 0.25) is 5.02 Å². The molecule has 0 spiro atoms. The summed E-state index contributed by atoms with van der Waals surface area (Å²) in [6.45, 7) is 1.96. The number of amides is 1. The van der Waals surface area contributed by atoms with Gasteiger partial charge in [0.05, 0.1) is 10.7 Å². The normalized spacial score (nSPS) is 10.3. The molecule has 0 bridgehead atoms. The largest absolute Gasteiger partial charge is 0.325 e. The Labute approximate surface area is 132 Å². The van der Waals surface area contributed by atoms with E-state index in [0.29, 0.717) is 23.6 Å². The fourth-order valence-electron chi connectivity index (χ4n) is 1.88. The van der Waals surface area contributed by atoms with E-state index in [9.17, 15) is 4.79 Å². The minimum atomic E-state index is -0.0317. The minimum absolute atomic E-state index is 0.0317. The molecule has 0 aliphatic carbocycles. The summed E-state index contributed by atoms with van der Waals surface area (Å²) in [7, 11) is 0. The first-order chi connectivity index (χ1) is 9.54. The molecule has 2 nitrogen and oxygen atoms in total. The van der Waals surface area contributed by atoms with Gasteiger partial charge in [-0.2, -0.15) is 0 Å². The van der Waals surface area contributed by atoms with Gasteiger partial charge in [-0.25, -0.2) is 0 Å². The third-order valence-electron chi connectivity index (χ3n) is 2.93. The van der Waals surface area contributed by atoms with Gasteiger partial charge in [-0.15, -0.1) is 0 Å². The van der Waals surface area contributed by atoms with Gasteiger partial charge < -0.3 is 5.32 Å². The zero-order chi connectivity index (χ0) is 14.5. The van der Waals surface area contributed by atoms with Gasteiger partial charge >= 0.3 is 0 Å². The maximum absolute atomic E-state index is 11.9. The highest BCUT2D eigenvalue weighted by atomic mass is 79.9. The average Bonchev–Trinajstić information content (AvgIpc) is 2.40. The molecular weight excluding hydrogens is 338 g/mol. The van der Waals surface area contributed by atoms with Crippen molar-refractivity contribution in [1.82, 2.24) is 0 Å². The molecule has 0 saturated carbocycles. The van der Waals surface area contributed by atoms with Gasteiger partial charge in [0.1, 0.15) is 0 Å². The average molecular weight is 353 g/mol. The standard InChI is InChI=1S/C16H15BrClNO/c1-11-5-7-15(14(18)9-11)19-16(20)8-6-12-3-2-4-13(17)10-12/h2-5,7,9-10H,6,8H2,1H3,(H,19,20). The Hall–Kier alpha value is -1.32. The monoisotopic (exact) mass is 351 g/mol. The molecule has 0 atom stereocenters. The lowest BCUT2D eigenvalue weighted by atomic mass is 10.1. The summed E-state index contributed by atoms with van der Waals surface area (Å²) >= 11 is 9.51. The second-order valence-electron chi connectivity index (χ2n) is 4.66. The number of carbonyl (C=O) groups excluding carboxylic acids is 1. The lowest BCUT2D eigenvalue weighted by Gasteiger charge is -2.08. The van der Waals surface area contributed by atoms with Crippen LogP contribution in [0.4, 0.5) is 5.69 Å². The van der Waals surface area contributed by atoms with Crippen molar-refractivity contribution in [3.63, 3.8) is 0 Å². The van der Waals surface area contributed by atoms with Gasteiger partial charge in [-0.05, 0) is 48.7 Å². The molecule has 0 heterocycles. The van der Waals surface area contributed by atoms with E-state index in [1.54, 1.807) is 0 Å². The number of halogens is 2. The Morgan fingerprint density at radius 2 is 2.05 bits per heavy atom. The Kier molecular flexibility index (Phi) is 5.21. The van der Waals surface area contributed by atoms with Crippen LogP contribution in [-0.4, -0.2) is 5.91 Å². The van der Waals surface area contributed by atoms with E-state index in [4.69, 9.17) is 11.6 Å². The predicted octanol–water partition coefficient (Wildman–Crippen LogP) is 4.98. The lowest BCUT2D eigenvalue weighted by molar-refractivity contribution is -0.116. The molecule has 1 N–H and O–H groups in total. The number of anilines is 1. The van der Waals surface area contributed by atoms with E-state index < -0.39 is 0 Å². The Bertz CT molecular complexity index is 628. The minimum Gasteiger partial charge on any atom is -0.325 e. The maximum Gasteiger partial charge on any atom is 0.224 e. The van der Waals surface area contributed by atoms with Gasteiger partial charge in [0, 0.05) is 10.9 Å². The number of hydrogen-bond donors (Lipinski definition) is 1. The van der Waals surface area contributed by atoms with Crippen molar-refractivity contribution < 1.29 is 4.79 Å². The van der Waals surface area contributed by atoms with Crippen LogP contribution in [0.5, 0.6) is 0 Å². The molecule has 2 aromatic rings. The van der Waals surface area contributed by atoms with Crippen LogP contribution in [0.3, 0.4) is 0 Å². The van der Waals surface area contributed by atoms with Gasteiger partial charge in [-0.3, -0.25) is 4.79 Å². The predicted molar refractivity (Wildman–Crippen MR) is 87.3 cm³/mol. The molecule has 104 valence electrons. The van der Waals surface area contributed by atoms with Crippen LogP contribution < -0.4 is 5.32 Å². The maximum atomic E-state index is 11.9. The Morgan fingerprint density at radius 1 is 1.25 bits per heavy atom. The van der Waals surface area contributed by atoms with Crippen molar-refractivity contribution in [2.75, 3.05) is 5.32 Å². The quantitative estimate of drug-likeness (QED) is 0.826.